The third kappa shape index (κ3) is 2.65. The van der Waals surface area contributed by atoms with Crippen LogP contribution >= 0.6 is 0 Å². The molecule has 0 fully saturated rings. The van der Waals surface area contributed by atoms with E-state index in [4.69, 9.17) is 14.9 Å². The fourth-order valence-electron chi connectivity index (χ4n) is 1.56. The molecule has 2 N–H and O–H groups in total. The van der Waals surface area contributed by atoms with Gasteiger partial charge in [-0.2, -0.15) is 0 Å². The number of rotatable bonds is 4. The lowest BCUT2D eigenvalue weighted by Gasteiger charge is -2.08. The first-order valence-corrected chi connectivity index (χ1v) is 5.35. The number of benzene rings is 1. The molecule has 3 nitrogen and oxygen atoms in total. The van der Waals surface area contributed by atoms with Crippen molar-refractivity contribution in [3.05, 3.63) is 53.2 Å². The van der Waals surface area contributed by atoms with E-state index in [1.165, 1.54) is 12.1 Å². The third-order valence-electron chi connectivity index (χ3n) is 2.56. The number of hydrogen-bond donors (Lipinski definition) is 1. The molecule has 1 aromatic heterocycles. The predicted molar refractivity (Wildman–Crippen MR) is 62.1 cm³/mol. The van der Waals surface area contributed by atoms with Gasteiger partial charge in [0, 0.05) is 11.6 Å². The van der Waals surface area contributed by atoms with Crippen LogP contribution in [0.2, 0.25) is 0 Å². The Labute approximate surface area is 99.0 Å². The number of nitrogens with two attached hydrogens (primary N) is 1. The van der Waals surface area contributed by atoms with Gasteiger partial charge in [-0.15, -0.1) is 0 Å². The minimum absolute atomic E-state index is 0.308. The van der Waals surface area contributed by atoms with Crippen LogP contribution in [0.4, 0.5) is 4.39 Å². The molecule has 2 rings (SSSR count). The van der Waals surface area contributed by atoms with E-state index in [9.17, 15) is 4.39 Å². The van der Waals surface area contributed by atoms with Gasteiger partial charge in [-0.1, -0.05) is 6.07 Å². The summed E-state index contributed by atoms with van der Waals surface area (Å²) in [5, 5.41) is 0. The molecule has 0 bridgehead atoms. The van der Waals surface area contributed by atoms with Gasteiger partial charge in [0.2, 0.25) is 0 Å². The molecular formula is C13H14FNO2. The summed E-state index contributed by atoms with van der Waals surface area (Å²) in [5.74, 6) is 0.921. The average Bonchev–Trinajstić information content (AvgIpc) is 2.77. The second-order valence-corrected chi connectivity index (χ2v) is 3.77. The largest absolute Gasteiger partial charge is 0.488 e. The summed E-state index contributed by atoms with van der Waals surface area (Å²) in [6, 6.07) is 6.27. The van der Waals surface area contributed by atoms with E-state index in [0.717, 1.165) is 11.1 Å². The van der Waals surface area contributed by atoms with E-state index in [1.54, 1.807) is 18.4 Å². The maximum absolute atomic E-state index is 13.0. The second-order valence-electron chi connectivity index (χ2n) is 3.77. The Balaban J connectivity index is 2.09. The lowest BCUT2D eigenvalue weighted by atomic mass is 10.2. The molecule has 0 radical (unpaired) electrons. The van der Waals surface area contributed by atoms with Crippen LogP contribution in [0.15, 0.2) is 34.9 Å². The Morgan fingerprint density at radius 3 is 2.94 bits per heavy atom. The zero-order valence-corrected chi connectivity index (χ0v) is 9.57. The molecule has 0 amide bonds. The maximum Gasteiger partial charge on any atom is 0.126 e. The second kappa shape index (κ2) is 5.01. The van der Waals surface area contributed by atoms with Crippen LogP contribution in [-0.4, -0.2) is 0 Å². The molecule has 17 heavy (non-hydrogen) atoms. The van der Waals surface area contributed by atoms with E-state index in [0.29, 0.717) is 24.7 Å². The van der Waals surface area contributed by atoms with Crippen molar-refractivity contribution in [2.45, 2.75) is 20.1 Å². The molecule has 0 saturated heterocycles. The van der Waals surface area contributed by atoms with E-state index >= 15 is 0 Å². The van der Waals surface area contributed by atoms with Crippen molar-refractivity contribution in [1.29, 1.82) is 0 Å². The first kappa shape index (κ1) is 11.7. The van der Waals surface area contributed by atoms with Gasteiger partial charge in [-0.3, -0.25) is 0 Å². The van der Waals surface area contributed by atoms with Gasteiger partial charge in [0.05, 0.1) is 12.8 Å². The van der Waals surface area contributed by atoms with Gasteiger partial charge < -0.3 is 14.9 Å². The smallest absolute Gasteiger partial charge is 0.126 e. The SMILES string of the molecule is Cc1ccc(F)cc1OCc1ccoc1CN. The number of halogens is 1. The van der Waals surface area contributed by atoms with Gasteiger partial charge >= 0.3 is 0 Å². The molecule has 2 aromatic rings. The molecule has 0 aliphatic heterocycles. The molecule has 90 valence electrons. The van der Waals surface area contributed by atoms with Crippen molar-refractivity contribution in [2.24, 2.45) is 5.73 Å². The molecular weight excluding hydrogens is 221 g/mol. The predicted octanol–water partition coefficient (Wildman–Crippen LogP) is 2.76. The van der Waals surface area contributed by atoms with Crippen LogP contribution in [0.1, 0.15) is 16.9 Å². The highest BCUT2D eigenvalue weighted by Crippen LogP contribution is 2.21. The molecule has 0 aliphatic carbocycles. The topological polar surface area (TPSA) is 48.4 Å². The Morgan fingerprint density at radius 1 is 1.35 bits per heavy atom. The zero-order chi connectivity index (χ0) is 12.3. The maximum atomic E-state index is 13.0. The standard InChI is InChI=1S/C13H14FNO2/c1-9-2-3-11(14)6-12(9)17-8-10-4-5-16-13(10)7-15/h2-6H,7-8,15H2,1H3. The van der Waals surface area contributed by atoms with Gasteiger partial charge in [0.25, 0.3) is 0 Å². The summed E-state index contributed by atoms with van der Waals surface area (Å²) in [6.07, 6.45) is 1.57. The average molecular weight is 235 g/mol. The normalized spacial score (nSPS) is 10.5. The Kier molecular flexibility index (Phi) is 3.44. The number of hydrogen-bond acceptors (Lipinski definition) is 3. The quantitative estimate of drug-likeness (QED) is 0.886. The highest BCUT2D eigenvalue weighted by molar-refractivity contribution is 5.33. The van der Waals surface area contributed by atoms with Crippen molar-refractivity contribution in [3.63, 3.8) is 0 Å². The zero-order valence-electron chi connectivity index (χ0n) is 9.57. The number of aryl methyl sites for hydroxylation is 1. The minimum atomic E-state index is -0.308. The Bertz CT molecular complexity index is 508. The van der Waals surface area contributed by atoms with Crippen LogP contribution in [-0.2, 0) is 13.2 Å². The highest BCUT2D eigenvalue weighted by Gasteiger charge is 2.07. The van der Waals surface area contributed by atoms with Gasteiger partial charge in [0.15, 0.2) is 0 Å². The fourth-order valence-corrected chi connectivity index (χ4v) is 1.56. The van der Waals surface area contributed by atoms with Crippen molar-refractivity contribution < 1.29 is 13.5 Å². The van der Waals surface area contributed by atoms with Gasteiger partial charge in [-0.25, -0.2) is 4.39 Å². The van der Waals surface area contributed by atoms with Gasteiger partial charge in [-0.05, 0) is 24.6 Å². The molecule has 0 aliphatic rings. The number of ether oxygens (including phenoxy) is 1. The molecule has 1 aromatic carbocycles. The third-order valence-corrected chi connectivity index (χ3v) is 2.56. The van der Waals surface area contributed by atoms with E-state index < -0.39 is 0 Å². The highest BCUT2D eigenvalue weighted by atomic mass is 19.1. The summed E-state index contributed by atoms with van der Waals surface area (Å²) in [7, 11) is 0. The summed E-state index contributed by atoms with van der Waals surface area (Å²) in [6.45, 7) is 2.52. The molecule has 0 saturated carbocycles. The van der Waals surface area contributed by atoms with Crippen LogP contribution < -0.4 is 10.5 Å². The molecule has 4 heteroatoms. The molecule has 1 heterocycles. The first-order chi connectivity index (χ1) is 8.20. The Morgan fingerprint density at radius 2 is 2.18 bits per heavy atom. The van der Waals surface area contributed by atoms with E-state index in [1.807, 2.05) is 6.92 Å². The fraction of sp³-hybridized carbons (Fsp3) is 0.231. The number of furan rings is 1. The lowest BCUT2D eigenvalue weighted by molar-refractivity contribution is 0.298. The van der Waals surface area contributed by atoms with Gasteiger partial charge in [0.1, 0.15) is 23.9 Å². The summed E-state index contributed by atoms with van der Waals surface area (Å²) < 4.78 is 23.8. The lowest BCUT2D eigenvalue weighted by Crippen LogP contribution is -2.02. The van der Waals surface area contributed by atoms with Crippen LogP contribution in [0, 0.1) is 12.7 Å². The molecule has 0 spiro atoms. The molecule has 0 atom stereocenters. The summed E-state index contributed by atoms with van der Waals surface area (Å²) >= 11 is 0. The summed E-state index contributed by atoms with van der Waals surface area (Å²) in [5.41, 5.74) is 7.29. The van der Waals surface area contributed by atoms with Crippen LogP contribution in [0.25, 0.3) is 0 Å². The first-order valence-electron chi connectivity index (χ1n) is 5.35. The van der Waals surface area contributed by atoms with Crippen LogP contribution in [0.5, 0.6) is 5.75 Å². The molecule has 0 unspecified atom stereocenters. The monoisotopic (exact) mass is 235 g/mol. The van der Waals surface area contributed by atoms with Crippen molar-refractivity contribution >= 4 is 0 Å². The van der Waals surface area contributed by atoms with Crippen molar-refractivity contribution in [3.8, 4) is 5.75 Å². The Hall–Kier alpha value is -1.81. The van der Waals surface area contributed by atoms with Crippen LogP contribution in [0.3, 0.4) is 0 Å². The van der Waals surface area contributed by atoms with E-state index in [2.05, 4.69) is 0 Å². The van der Waals surface area contributed by atoms with Crippen molar-refractivity contribution in [2.75, 3.05) is 0 Å². The minimum Gasteiger partial charge on any atom is -0.488 e. The summed E-state index contributed by atoms with van der Waals surface area (Å²) in [4.78, 5) is 0. The van der Waals surface area contributed by atoms with Crippen molar-refractivity contribution in [1.82, 2.24) is 0 Å². The van der Waals surface area contributed by atoms with E-state index in [-0.39, 0.29) is 5.82 Å².